The van der Waals surface area contributed by atoms with Crippen molar-refractivity contribution in [1.82, 2.24) is 5.32 Å². The molecular formula is C16H23NO2. The molecule has 0 aromatic heterocycles. The smallest absolute Gasteiger partial charge is 0.118 e. The Morgan fingerprint density at radius 2 is 1.79 bits per heavy atom. The quantitative estimate of drug-likeness (QED) is 0.604. The second kappa shape index (κ2) is 6.73. The molecule has 2 rings (SSSR count). The van der Waals surface area contributed by atoms with Crippen LogP contribution in [0.15, 0.2) is 36.4 Å². The Bertz CT molecular complexity index is 403. The number of rotatable bonds is 7. The Morgan fingerprint density at radius 1 is 1.11 bits per heavy atom. The third kappa shape index (κ3) is 3.37. The van der Waals surface area contributed by atoms with E-state index >= 15 is 0 Å². The van der Waals surface area contributed by atoms with Gasteiger partial charge in [-0.1, -0.05) is 24.3 Å². The van der Waals surface area contributed by atoms with E-state index in [1.165, 1.54) is 5.56 Å². The molecule has 0 atom stereocenters. The van der Waals surface area contributed by atoms with Crippen molar-refractivity contribution in [1.29, 1.82) is 0 Å². The maximum absolute atomic E-state index is 5.23. The van der Waals surface area contributed by atoms with Crippen molar-refractivity contribution in [3.8, 4) is 5.75 Å². The van der Waals surface area contributed by atoms with Crippen molar-refractivity contribution in [3.05, 3.63) is 42.0 Å². The molecule has 0 amide bonds. The second-order valence-electron chi connectivity index (χ2n) is 5.06. The van der Waals surface area contributed by atoms with Gasteiger partial charge in [0.05, 0.1) is 13.7 Å². The average molecular weight is 261 g/mol. The van der Waals surface area contributed by atoms with Crippen molar-refractivity contribution < 1.29 is 9.47 Å². The fourth-order valence-electron chi connectivity index (χ4n) is 2.63. The van der Waals surface area contributed by atoms with Gasteiger partial charge in [-0.3, -0.25) is 0 Å². The number of nitrogens with one attached hydrogen (secondary N) is 1. The van der Waals surface area contributed by atoms with Gasteiger partial charge in [0.25, 0.3) is 0 Å². The maximum atomic E-state index is 5.23. The normalized spacial score (nSPS) is 16.7. The summed E-state index contributed by atoms with van der Waals surface area (Å²) in [7, 11) is 3.44. The first kappa shape index (κ1) is 14.1. The summed E-state index contributed by atoms with van der Waals surface area (Å²) >= 11 is 0. The zero-order chi connectivity index (χ0) is 13.6. The van der Waals surface area contributed by atoms with E-state index in [0.717, 1.165) is 38.3 Å². The first-order chi connectivity index (χ1) is 9.30. The molecule has 0 aliphatic heterocycles. The van der Waals surface area contributed by atoms with Crippen LogP contribution in [0.2, 0.25) is 0 Å². The average Bonchev–Trinajstić information content (AvgIpc) is 2.94. The first-order valence-electron chi connectivity index (χ1n) is 6.80. The molecule has 0 saturated heterocycles. The van der Waals surface area contributed by atoms with Crippen LogP contribution in [0.25, 0.3) is 0 Å². The summed E-state index contributed by atoms with van der Waals surface area (Å²) in [4.78, 5) is 0. The molecule has 0 radical (unpaired) electrons. The van der Waals surface area contributed by atoms with Gasteiger partial charge in [-0.05, 0) is 30.5 Å². The van der Waals surface area contributed by atoms with Crippen LogP contribution in [-0.2, 0) is 10.2 Å². The summed E-state index contributed by atoms with van der Waals surface area (Å²) in [6, 6.07) is 8.46. The molecule has 1 aliphatic carbocycles. The second-order valence-corrected chi connectivity index (χ2v) is 5.06. The molecular weight excluding hydrogens is 238 g/mol. The number of allylic oxidation sites excluding steroid dienone is 2. The van der Waals surface area contributed by atoms with E-state index in [4.69, 9.17) is 9.47 Å². The standard InChI is InChI=1S/C16H23NO2/c1-18-12-11-17-13-16(9-3-4-10-16)14-5-7-15(19-2)8-6-14/h3-8,17H,9-13H2,1-2H3. The monoisotopic (exact) mass is 261 g/mol. The molecule has 1 aromatic carbocycles. The highest BCUT2D eigenvalue weighted by molar-refractivity contribution is 5.35. The molecule has 3 heteroatoms. The van der Waals surface area contributed by atoms with Gasteiger partial charge in [0, 0.05) is 25.6 Å². The summed E-state index contributed by atoms with van der Waals surface area (Å²) in [6.45, 7) is 2.64. The summed E-state index contributed by atoms with van der Waals surface area (Å²) in [6.07, 6.45) is 6.75. The van der Waals surface area contributed by atoms with Crippen molar-refractivity contribution in [3.63, 3.8) is 0 Å². The van der Waals surface area contributed by atoms with Crippen molar-refractivity contribution in [2.45, 2.75) is 18.3 Å². The van der Waals surface area contributed by atoms with Gasteiger partial charge in [-0.25, -0.2) is 0 Å². The van der Waals surface area contributed by atoms with Gasteiger partial charge in [-0.15, -0.1) is 0 Å². The summed E-state index contributed by atoms with van der Waals surface area (Å²) in [5.74, 6) is 0.914. The van der Waals surface area contributed by atoms with E-state index in [1.54, 1.807) is 14.2 Å². The van der Waals surface area contributed by atoms with Crippen molar-refractivity contribution in [2.75, 3.05) is 33.9 Å². The fourth-order valence-corrected chi connectivity index (χ4v) is 2.63. The molecule has 0 fully saturated rings. The molecule has 3 nitrogen and oxygen atoms in total. The van der Waals surface area contributed by atoms with Gasteiger partial charge in [-0.2, -0.15) is 0 Å². The molecule has 0 spiro atoms. The molecule has 0 heterocycles. The lowest BCUT2D eigenvalue weighted by atomic mass is 9.78. The molecule has 1 aromatic rings. The Balaban J connectivity index is 2.05. The van der Waals surface area contributed by atoms with E-state index in [0.29, 0.717) is 0 Å². The van der Waals surface area contributed by atoms with Crippen LogP contribution in [0.3, 0.4) is 0 Å². The van der Waals surface area contributed by atoms with E-state index in [1.807, 2.05) is 12.1 Å². The SMILES string of the molecule is COCCNCC1(c2ccc(OC)cc2)CC=CC1. The van der Waals surface area contributed by atoms with Gasteiger partial charge in [0.15, 0.2) is 0 Å². The third-order valence-electron chi connectivity index (χ3n) is 3.83. The molecule has 19 heavy (non-hydrogen) atoms. The van der Waals surface area contributed by atoms with Gasteiger partial charge in [0.2, 0.25) is 0 Å². The molecule has 0 bridgehead atoms. The number of ether oxygens (including phenoxy) is 2. The van der Waals surface area contributed by atoms with Gasteiger partial charge in [0.1, 0.15) is 5.75 Å². The highest BCUT2D eigenvalue weighted by atomic mass is 16.5. The number of methoxy groups -OCH3 is 2. The van der Waals surface area contributed by atoms with Gasteiger partial charge < -0.3 is 14.8 Å². The molecule has 1 aliphatic rings. The van der Waals surface area contributed by atoms with E-state index in [9.17, 15) is 0 Å². The number of hydrogen-bond donors (Lipinski definition) is 1. The molecule has 0 unspecified atom stereocenters. The topological polar surface area (TPSA) is 30.5 Å². The minimum atomic E-state index is 0.194. The van der Waals surface area contributed by atoms with Crippen LogP contribution >= 0.6 is 0 Å². The fraction of sp³-hybridized carbons (Fsp3) is 0.500. The van der Waals surface area contributed by atoms with Crippen LogP contribution in [0.1, 0.15) is 18.4 Å². The Kier molecular flexibility index (Phi) is 5.00. The van der Waals surface area contributed by atoms with Crippen LogP contribution in [-0.4, -0.2) is 33.9 Å². The molecule has 1 N–H and O–H groups in total. The highest BCUT2D eigenvalue weighted by Gasteiger charge is 2.32. The number of hydrogen-bond acceptors (Lipinski definition) is 3. The van der Waals surface area contributed by atoms with Crippen LogP contribution in [0.4, 0.5) is 0 Å². The van der Waals surface area contributed by atoms with Crippen LogP contribution in [0, 0.1) is 0 Å². The molecule has 104 valence electrons. The molecule has 0 saturated carbocycles. The lowest BCUT2D eigenvalue weighted by Crippen LogP contribution is -2.37. The third-order valence-corrected chi connectivity index (χ3v) is 3.83. The Hall–Kier alpha value is -1.32. The summed E-state index contributed by atoms with van der Waals surface area (Å²) in [5, 5.41) is 3.50. The Morgan fingerprint density at radius 3 is 2.37 bits per heavy atom. The minimum Gasteiger partial charge on any atom is -0.497 e. The van der Waals surface area contributed by atoms with Gasteiger partial charge >= 0.3 is 0 Å². The zero-order valence-corrected chi connectivity index (χ0v) is 11.8. The minimum absolute atomic E-state index is 0.194. The lowest BCUT2D eigenvalue weighted by Gasteiger charge is -2.30. The highest BCUT2D eigenvalue weighted by Crippen LogP contribution is 2.37. The van der Waals surface area contributed by atoms with Crippen LogP contribution in [0.5, 0.6) is 5.75 Å². The van der Waals surface area contributed by atoms with Crippen LogP contribution < -0.4 is 10.1 Å². The van der Waals surface area contributed by atoms with E-state index in [-0.39, 0.29) is 5.41 Å². The zero-order valence-electron chi connectivity index (χ0n) is 11.8. The Labute approximate surface area is 115 Å². The number of benzene rings is 1. The largest absolute Gasteiger partial charge is 0.497 e. The van der Waals surface area contributed by atoms with E-state index in [2.05, 4.69) is 29.6 Å². The first-order valence-corrected chi connectivity index (χ1v) is 6.80. The maximum Gasteiger partial charge on any atom is 0.118 e. The van der Waals surface area contributed by atoms with Crippen molar-refractivity contribution >= 4 is 0 Å². The van der Waals surface area contributed by atoms with Crippen molar-refractivity contribution in [2.24, 2.45) is 0 Å². The lowest BCUT2D eigenvalue weighted by molar-refractivity contribution is 0.196. The summed E-state index contributed by atoms with van der Waals surface area (Å²) in [5.41, 5.74) is 1.57. The summed E-state index contributed by atoms with van der Waals surface area (Å²) < 4.78 is 10.3. The predicted molar refractivity (Wildman–Crippen MR) is 77.8 cm³/mol. The predicted octanol–water partition coefficient (Wildman–Crippen LogP) is 2.52. The van der Waals surface area contributed by atoms with E-state index < -0.39 is 0 Å².